The molecule has 27 heavy (non-hydrogen) atoms. The molecule has 0 unspecified atom stereocenters. The van der Waals surface area contributed by atoms with Crippen LogP contribution in [0.25, 0.3) is 0 Å². The van der Waals surface area contributed by atoms with Gasteiger partial charge < -0.3 is 19.9 Å². The van der Waals surface area contributed by atoms with Crippen molar-refractivity contribution < 1.29 is 23.1 Å². The molecule has 1 fully saturated rings. The van der Waals surface area contributed by atoms with Crippen LogP contribution in [0.2, 0.25) is 0 Å². The summed E-state index contributed by atoms with van der Waals surface area (Å²) >= 11 is 0. The number of piperazine rings is 1. The van der Waals surface area contributed by atoms with Gasteiger partial charge in [-0.05, 0) is 30.3 Å². The molecule has 6 nitrogen and oxygen atoms in total. The monoisotopic (exact) mass is 375 g/mol. The van der Waals surface area contributed by atoms with Crippen molar-refractivity contribution in [2.45, 2.75) is 0 Å². The lowest BCUT2D eigenvalue weighted by Gasteiger charge is -2.34. The second kappa shape index (κ2) is 8.03. The van der Waals surface area contributed by atoms with Crippen molar-refractivity contribution in [1.29, 1.82) is 0 Å². The summed E-state index contributed by atoms with van der Waals surface area (Å²) in [7, 11) is 1.53. The summed E-state index contributed by atoms with van der Waals surface area (Å²) in [6, 6.07) is 9.19. The Labute approximate surface area is 155 Å². The third-order valence-electron chi connectivity index (χ3n) is 4.34. The Balaban J connectivity index is 1.58. The average molecular weight is 375 g/mol. The first-order valence-corrected chi connectivity index (χ1v) is 8.42. The first-order valence-electron chi connectivity index (χ1n) is 8.42. The van der Waals surface area contributed by atoms with Crippen molar-refractivity contribution in [3.63, 3.8) is 0 Å². The van der Waals surface area contributed by atoms with Crippen molar-refractivity contribution in [3.05, 3.63) is 59.7 Å². The standard InChI is InChI=1S/C19H19F2N3O3/c1-27-15-4-2-3-13(11-15)18(25)23-7-9-24(10-8-23)19(26)22-17-12-14(20)5-6-16(17)21/h2-6,11-12H,7-10H2,1H3,(H,22,26). The summed E-state index contributed by atoms with van der Waals surface area (Å²) in [6.07, 6.45) is 0. The summed E-state index contributed by atoms with van der Waals surface area (Å²) in [5, 5.41) is 2.36. The third-order valence-corrected chi connectivity index (χ3v) is 4.34. The van der Waals surface area contributed by atoms with Gasteiger partial charge in [0.1, 0.15) is 17.4 Å². The molecule has 3 rings (SSSR count). The molecule has 142 valence electrons. The number of hydrogen-bond acceptors (Lipinski definition) is 3. The fraction of sp³-hybridized carbons (Fsp3) is 0.263. The van der Waals surface area contributed by atoms with Gasteiger partial charge in [-0.15, -0.1) is 0 Å². The minimum absolute atomic E-state index is 0.148. The van der Waals surface area contributed by atoms with Crippen molar-refractivity contribution in [2.24, 2.45) is 0 Å². The van der Waals surface area contributed by atoms with Crippen molar-refractivity contribution in [1.82, 2.24) is 9.80 Å². The molecule has 0 atom stereocenters. The lowest BCUT2D eigenvalue weighted by molar-refractivity contribution is 0.0671. The summed E-state index contributed by atoms with van der Waals surface area (Å²) in [5.41, 5.74) is 0.295. The van der Waals surface area contributed by atoms with Crippen LogP contribution < -0.4 is 10.1 Å². The number of benzene rings is 2. The van der Waals surface area contributed by atoms with E-state index in [1.165, 1.54) is 12.0 Å². The molecule has 1 aliphatic rings. The molecule has 0 spiro atoms. The van der Waals surface area contributed by atoms with Crippen LogP contribution in [-0.2, 0) is 0 Å². The largest absolute Gasteiger partial charge is 0.497 e. The molecule has 0 saturated carbocycles. The predicted molar refractivity (Wildman–Crippen MR) is 95.8 cm³/mol. The second-order valence-corrected chi connectivity index (χ2v) is 6.07. The van der Waals surface area contributed by atoms with E-state index in [1.807, 2.05) is 0 Å². The predicted octanol–water partition coefficient (Wildman–Crippen LogP) is 2.96. The lowest BCUT2D eigenvalue weighted by Crippen LogP contribution is -2.51. The lowest BCUT2D eigenvalue weighted by atomic mass is 10.1. The van der Waals surface area contributed by atoms with Gasteiger partial charge in [0, 0.05) is 37.8 Å². The van der Waals surface area contributed by atoms with Gasteiger partial charge in [-0.25, -0.2) is 13.6 Å². The first-order chi connectivity index (χ1) is 13.0. The molecule has 0 radical (unpaired) electrons. The number of carbonyl (C=O) groups excluding carboxylic acids is 2. The maximum atomic E-state index is 13.7. The third kappa shape index (κ3) is 4.33. The van der Waals surface area contributed by atoms with Gasteiger partial charge in [0.15, 0.2) is 0 Å². The highest BCUT2D eigenvalue weighted by atomic mass is 19.1. The van der Waals surface area contributed by atoms with Crippen LogP contribution in [0, 0.1) is 11.6 Å². The molecule has 0 bridgehead atoms. The van der Waals surface area contributed by atoms with Crippen LogP contribution >= 0.6 is 0 Å². The number of nitrogens with one attached hydrogen (secondary N) is 1. The number of halogens is 2. The van der Waals surface area contributed by atoms with Gasteiger partial charge in [0.25, 0.3) is 5.91 Å². The van der Waals surface area contributed by atoms with E-state index in [1.54, 1.807) is 29.2 Å². The van der Waals surface area contributed by atoms with E-state index in [-0.39, 0.29) is 11.6 Å². The Morgan fingerprint density at radius 3 is 2.41 bits per heavy atom. The highest BCUT2D eigenvalue weighted by Gasteiger charge is 2.25. The SMILES string of the molecule is COc1cccc(C(=O)N2CCN(C(=O)Nc3cc(F)ccc3F)CC2)c1. The molecule has 8 heteroatoms. The van der Waals surface area contributed by atoms with Crippen LogP contribution in [0.3, 0.4) is 0 Å². The Morgan fingerprint density at radius 1 is 1.00 bits per heavy atom. The average Bonchev–Trinajstić information content (AvgIpc) is 2.70. The molecule has 3 amide bonds. The molecule has 0 aliphatic carbocycles. The summed E-state index contributed by atoms with van der Waals surface area (Å²) in [6.45, 7) is 1.27. The number of methoxy groups -OCH3 is 1. The Bertz CT molecular complexity index is 852. The van der Waals surface area contributed by atoms with E-state index in [4.69, 9.17) is 4.74 Å². The van der Waals surface area contributed by atoms with E-state index < -0.39 is 17.7 Å². The molecule has 2 aromatic rings. The van der Waals surface area contributed by atoms with Crippen LogP contribution in [0.4, 0.5) is 19.3 Å². The summed E-state index contributed by atoms with van der Waals surface area (Å²) in [4.78, 5) is 27.9. The van der Waals surface area contributed by atoms with Gasteiger partial charge >= 0.3 is 6.03 Å². The number of anilines is 1. The highest BCUT2D eigenvalue weighted by Crippen LogP contribution is 2.18. The molecule has 1 N–H and O–H groups in total. The zero-order valence-electron chi connectivity index (χ0n) is 14.7. The van der Waals surface area contributed by atoms with Gasteiger partial charge in [-0.1, -0.05) is 6.07 Å². The first kappa shape index (κ1) is 18.6. The Kier molecular flexibility index (Phi) is 5.54. The Hall–Kier alpha value is -3.16. The van der Waals surface area contributed by atoms with Crippen LogP contribution in [-0.4, -0.2) is 55.0 Å². The topological polar surface area (TPSA) is 61.9 Å². The molecule has 1 saturated heterocycles. The number of amides is 3. The van der Waals surface area contributed by atoms with E-state index in [0.717, 1.165) is 18.2 Å². The van der Waals surface area contributed by atoms with Crippen LogP contribution in [0.1, 0.15) is 10.4 Å². The number of rotatable bonds is 3. The number of carbonyl (C=O) groups is 2. The summed E-state index contributed by atoms with van der Waals surface area (Å²) < 4.78 is 32.0. The molecule has 2 aromatic carbocycles. The highest BCUT2D eigenvalue weighted by molar-refractivity contribution is 5.95. The van der Waals surface area contributed by atoms with Crippen molar-refractivity contribution in [3.8, 4) is 5.75 Å². The maximum Gasteiger partial charge on any atom is 0.322 e. The summed E-state index contributed by atoms with van der Waals surface area (Å²) in [5.74, 6) is -0.905. The molecule has 1 aliphatic heterocycles. The van der Waals surface area contributed by atoms with E-state index in [2.05, 4.69) is 5.32 Å². The van der Waals surface area contributed by atoms with E-state index >= 15 is 0 Å². The fourth-order valence-corrected chi connectivity index (χ4v) is 2.84. The van der Waals surface area contributed by atoms with E-state index in [0.29, 0.717) is 37.5 Å². The smallest absolute Gasteiger partial charge is 0.322 e. The Morgan fingerprint density at radius 2 is 1.70 bits per heavy atom. The van der Waals surface area contributed by atoms with Crippen LogP contribution in [0.5, 0.6) is 5.75 Å². The maximum absolute atomic E-state index is 13.7. The minimum Gasteiger partial charge on any atom is -0.497 e. The van der Waals surface area contributed by atoms with Gasteiger partial charge in [0.05, 0.1) is 12.8 Å². The quantitative estimate of drug-likeness (QED) is 0.897. The number of nitrogens with zero attached hydrogens (tertiary/aromatic N) is 2. The minimum atomic E-state index is -0.711. The van der Waals surface area contributed by atoms with Crippen molar-refractivity contribution in [2.75, 3.05) is 38.6 Å². The zero-order chi connectivity index (χ0) is 19.4. The van der Waals surface area contributed by atoms with Gasteiger partial charge in [0.2, 0.25) is 0 Å². The fourth-order valence-electron chi connectivity index (χ4n) is 2.84. The normalized spacial score (nSPS) is 14.0. The molecule has 1 heterocycles. The number of urea groups is 1. The molecular formula is C19H19F2N3O3. The molecular weight excluding hydrogens is 356 g/mol. The van der Waals surface area contributed by atoms with Crippen molar-refractivity contribution >= 4 is 17.6 Å². The second-order valence-electron chi connectivity index (χ2n) is 6.07. The van der Waals surface area contributed by atoms with E-state index in [9.17, 15) is 18.4 Å². The molecule has 0 aromatic heterocycles. The zero-order valence-corrected chi connectivity index (χ0v) is 14.7. The van der Waals surface area contributed by atoms with Crippen LogP contribution in [0.15, 0.2) is 42.5 Å². The van der Waals surface area contributed by atoms with Gasteiger partial charge in [-0.3, -0.25) is 4.79 Å². The van der Waals surface area contributed by atoms with Gasteiger partial charge in [-0.2, -0.15) is 0 Å². The number of ether oxygens (including phenoxy) is 1. The number of hydrogen-bond donors (Lipinski definition) is 1.